The van der Waals surface area contributed by atoms with Crippen molar-refractivity contribution in [2.75, 3.05) is 18.4 Å². The summed E-state index contributed by atoms with van der Waals surface area (Å²) in [7, 11) is 0. The first kappa shape index (κ1) is 43.4. The number of carbonyl (C=O) groups excluding carboxylic acids is 1. The minimum atomic E-state index is -0.0984. The van der Waals surface area contributed by atoms with E-state index in [-0.39, 0.29) is 5.91 Å². The fourth-order valence-corrected chi connectivity index (χ4v) is 5.52. The first-order valence-electron chi connectivity index (χ1n) is 18.4. The van der Waals surface area contributed by atoms with E-state index >= 15 is 0 Å². The number of nitrogens with zero attached hydrogens (tertiary/aromatic N) is 2. The predicted molar refractivity (Wildman–Crippen MR) is 210 cm³/mol. The van der Waals surface area contributed by atoms with Crippen LogP contribution < -0.4 is 10.6 Å². The molecule has 1 aliphatic rings. The van der Waals surface area contributed by atoms with Crippen LogP contribution in [0.5, 0.6) is 0 Å². The van der Waals surface area contributed by atoms with E-state index in [1.165, 1.54) is 48.8 Å². The molecule has 0 bridgehead atoms. The third-order valence-electron chi connectivity index (χ3n) is 7.78. The SMILES string of the molecule is C=C/C(=C/C=C/C(C=C)=C(/C=C(\C)CNc1nc2ccccc2n1C1CCC(C)C1)CCCCC)C(=O)NCCC.CC.CC.CC. The number of hydrogen-bond donors (Lipinski definition) is 2. The number of amides is 1. The predicted octanol–water partition coefficient (Wildman–Crippen LogP) is 12.1. The second-order valence-electron chi connectivity index (χ2n) is 11.3. The van der Waals surface area contributed by atoms with Crippen molar-refractivity contribution >= 4 is 22.9 Å². The molecule has 0 aliphatic heterocycles. The lowest BCUT2D eigenvalue weighted by atomic mass is 9.98. The Kier molecular flexibility index (Phi) is 24.4. The van der Waals surface area contributed by atoms with Crippen molar-refractivity contribution in [1.29, 1.82) is 0 Å². The second-order valence-corrected chi connectivity index (χ2v) is 11.3. The average Bonchev–Trinajstić information content (AvgIpc) is 3.71. The van der Waals surface area contributed by atoms with E-state index in [1.54, 1.807) is 6.08 Å². The molecule has 2 atom stereocenters. The molecule has 1 fully saturated rings. The molecule has 0 saturated heterocycles. The number of benzene rings is 1. The van der Waals surface area contributed by atoms with Crippen molar-refractivity contribution in [2.24, 2.45) is 5.92 Å². The van der Waals surface area contributed by atoms with Gasteiger partial charge in [0, 0.05) is 24.7 Å². The quantitative estimate of drug-likeness (QED) is 0.109. The molecular formula is C42H68N4O. The molecule has 1 aromatic heterocycles. The number of unbranched alkanes of at least 4 members (excludes halogenated alkanes) is 2. The summed E-state index contributed by atoms with van der Waals surface area (Å²) in [4.78, 5) is 17.3. The average molecular weight is 645 g/mol. The van der Waals surface area contributed by atoms with Crippen LogP contribution in [-0.2, 0) is 4.79 Å². The van der Waals surface area contributed by atoms with Gasteiger partial charge in [-0.15, -0.1) is 0 Å². The molecule has 1 aromatic carbocycles. The van der Waals surface area contributed by atoms with E-state index in [9.17, 15) is 4.79 Å². The van der Waals surface area contributed by atoms with E-state index in [1.807, 2.05) is 72.8 Å². The Morgan fingerprint density at radius 1 is 1.00 bits per heavy atom. The number of rotatable bonds is 16. The highest BCUT2D eigenvalue weighted by Gasteiger charge is 2.26. The molecule has 2 N–H and O–H groups in total. The maximum absolute atomic E-state index is 12.4. The smallest absolute Gasteiger partial charge is 0.251 e. The molecule has 2 aromatic rings. The lowest BCUT2D eigenvalue weighted by Crippen LogP contribution is -2.24. The summed E-state index contributed by atoms with van der Waals surface area (Å²) >= 11 is 0. The van der Waals surface area contributed by atoms with Crippen molar-refractivity contribution in [2.45, 2.75) is 127 Å². The lowest BCUT2D eigenvalue weighted by molar-refractivity contribution is -0.117. The Hall–Kier alpha value is -3.60. The van der Waals surface area contributed by atoms with Crippen molar-refractivity contribution in [3.63, 3.8) is 0 Å². The number of hydrogen-bond acceptors (Lipinski definition) is 3. The maximum atomic E-state index is 12.4. The monoisotopic (exact) mass is 645 g/mol. The molecule has 5 heteroatoms. The summed E-state index contributed by atoms with van der Waals surface area (Å²) < 4.78 is 2.43. The number of aromatic nitrogens is 2. The summed E-state index contributed by atoms with van der Waals surface area (Å²) in [5, 5.41) is 6.58. The molecule has 0 spiro atoms. The summed E-state index contributed by atoms with van der Waals surface area (Å²) in [5.41, 5.74) is 6.38. The Balaban J connectivity index is 0.00000333. The van der Waals surface area contributed by atoms with Crippen LogP contribution in [0, 0.1) is 5.92 Å². The Morgan fingerprint density at radius 3 is 2.30 bits per heavy atom. The van der Waals surface area contributed by atoms with Crippen LogP contribution in [0.3, 0.4) is 0 Å². The molecule has 3 rings (SSSR count). The Bertz CT molecular complexity index is 1310. The number of imidazole rings is 1. The fourth-order valence-electron chi connectivity index (χ4n) is 5.52. The van der Waals surface area contributed by atoms with Gasteiger partial charge in [-0.3, -0.25) is 4.79 Å². The van der Waals surface area contributed by atoms with Gasteiger partial charge in [-0.25, -0.2) is 4.98 Å². The highest BCUT2D eigenvalue weighted by molar-refractivity contribution is 5.96. The number of nitrogens with one attached hydrogen (secondary N) is 2. The summed E-state index contributed by atoms with van der Waals surface area (Å²) in [5.74, 6) is 1.61. The maximum Gasteiger partial charge on any atom is 0.251 e. The van der Waals surface area contributed by atoms with E-state index in [4.69, 9.17) is 4.98 Å². The van der Waals surface area contributed by atoms with Crippen LogP contribution >= 0.6 is 0 Å². The minimum Gasteiger partial charge on any atom is -0.352 e. The Morgan fingerprint density at radius 2 is 1.70 bits per heavy atom. The summed E-state index contributed by atoms with van der Waals surface area (Å²) in [6, 6.07) is 8.96. The standard InChI is InChI=1S/C36H50N4O.3C2H6/c1-7-11-12-16-31(29(9-3)17-15-18-30(10-4)35(41)37-23-8-2)24-28(6)26-38-36-39-33-19-13-14-20-34(33)40(36)32-22-21-27(5)25-32;3*1-2/h9-10,13-15,17-20,24,27,32H,3-4,7-8,11-12,16,21-23,25-26H2,1-2,5-6H3,(H,37,41)(H,38,39);3*1-2H3/b17-15+,28-24+,30-18-,31-29+;;;. The molecule has 47 heavy (non-hydrogen) atoms. The molecule has 0 radical (unpaired) electrons. The first-order chi connectivity index (χ1) is 22.9. The van der Waals surface area contributed by atoms with Crippen molar-refractivity contribution in [3.8, 4) is 0 Å². The van der Waals surface area contributed by atoms with Crippen LogP contribution in [0.1, 0.15) is 127 Å². The van der Waals surface area contributed by atoms with Crippen LogP contribution in [0.4, 0.5) is 5.95 Å². The number of anilines is 1. The van der Waals surface area contributed by atoms with E-state index in [0.717, 1.165) is 48.8 Å². The topological polar surface area (TPSA) is 59.0 Å². The first-order valence-corrected chi connectivity index (χ1v) is 18.4. The van der Waals surface area contributed by atoms with Gasteiger partial charge in [0.05, 0.1) is 11.0 Å². The third-order valence-corrected chi connectivity index (χ3v) is 7.78. The van der Waals surface area contributed by atoms with Crippen LogP contribution in [-0.4, -0.2) is 28.5 Å². The molecule has 1 amide bonds. The molecule has 1 heterocycles. The molecule has 262 valence electrons. The lowest BCUT2D eigenvalue weighted by Gasteiger charge is -2.18. The van der Waals surface area contributed by atoms with Gasteiger partial charge in [0.25, 0.3) is 5.91 Å². The van der Waals surface area contributed by atoms with E-state index < -0.39 is 0 Å². The largest absolute Gasteiger partial charge is 0.352 e. The van der Waals surface area contributed by atoms with Gasteiger partial charge in [0.2, 0.25) is 5.95 Å². The van der Waals surface area contributed by atoms with Crippen LogP contribution in [0.25, 0.3) is 11.0 Å². The molecule has 1 saturated carbocycles. The minimum absolute atomic E-state index is 0.0984. The van der Waals surface area contributed by atoms with Crippen LogP contribution in [0.15, 0.2) is 96.2 Å². The van der Waals surface area contributed by atoms with Gasteiger partial charge in [-0.2, -0.15) is 0 Å². The number of para-hydroxylation sites is 2. The van der Waals surface area contributed by atoms with Gasteiger partial charge >= 0.3 is 0 Å². The van der Waals surface area contributed by atoms with Crippen molar-refractivity contribution in [3.05, 3.63) is 96.2 Å². The van der Waals surface area contributed by atoms with Gasteiger partial charge in [0.1, 0.15) is 0 Å². The zero-order valence-corrected chi connectivity index (χ0v) is 31.7. The molecule has 1 aliphatic carbocycles. The second kappa shape index (κ2) is 26.5. The van der Waals surface area contributed by atoms with Gasteiger partial charge in [0.15, 0.2) is 0 Å². The normalized spacial score (nSPS) is 16.6. The molecule has 5 nitrogen and oxygen atoms in total. The van der Waals surface area contributed by atoms with E-state index in [0.29, 0.717) is 18.2 Å². The number of fused-ring (bicyclic) bond motifs is 1. The zero-order valence-electron chi connectivity index (χ0n) is 31.7. The van der Waals surface area contributed by atoms with Crippen molar-refractivity contribution in [1.82, 2.24) is 14.9 Å². The van der Waals surface area contributed by atoms with Crippen molar-refractivity contribution < 1.29 is 4.79 Å². The third kappa shape index (κ3) is 14.8. The summed E-state index contributed by atoms with van der Waals surface area (Å²) in [6.07, 6.45) is 20.6. The van der Waals surface area contributed by atoms with Crippen LogP contribution in [0.2, 0.25) is 0 Å². The zero-order chi connectivity index (χ0) is 35.6. The molecule has 2 unspecified atom stereocenters. The Labute approximate surface area is 289 Å². The van der Waals surface area contributed by atoms with Gasteiger partial charge in [-0.05, 0) is 80.7 Å². The fraction of sp³-hybridized carbons (Fsp3) is 0.524. The summed E-state index contributed by atoms with van der Waals surface area (Å²) in [6.45, 7) is 30.1. The van der Waals surface area contributed by atoms with Gasteiger partial charge < -0.3 is 15.2 Å². The molecular weight excluding hydrogens is 576 g/mol. The number of carbonyl (C=O) groups is 1. The highest BCUT2D eigenvalue weighted by Crippen LogP contribution is 2.38. The number of allylic oxidation sites excluding steroid dienone is 7. The van der Waals surface area contributed by atoms with Gasteiger partial charge in [-0.1, -0.05) is 136 Å². The highest BCUT2D eigenvalue weighted by atomic mass is 16.1. The van der Waals surface area contributed by atoms with E-state index in [2.05, 4.69) is 79.5 Å².